The number of β-amino-alcohol motifs (C(OH)–C–C–N with tert-alkyl or cyclic N) is 1. The van der Waals surface area contributed by atoms with Gasteiger partial charge in [0.2, 0.25) is 18.5 Å². The van der Waals surface area contributed by atoms with Gasteiger partial charge in [0.25, 0.3) is 0 Å². The quantitative estimate of drug-likeness (QED) is 0.705. The molecular weight excluding hydrogens is 374 g/mol. The second-order valence-electron chi connectivity index (χ2n) is 7.21. The minimum absolute atomic E-state index is 0.137. The highest BCUT2D eigenvalue weighted by atomic mass is 16.7. The molecule has 8 nitrogen and oxygen atoms in total. The molecule has 2 aliphatic heterocycles. The maximum Gasteiger partial charge on any atom is 0.244 e. The third kappa shape index (κ3) is 3.52. The van der Waals surface area contributed by atoms with E-state index in [1.807, 2.05) is 42.5 Å². The van der Waals surface area contributed by atoms with E-state index in [2.05, 4.69) is 15.0 Å². The smallest absolute Gasteiger partial charge is 0.244 e. The summed E-state index contributed by atoms with van der Waals surface area (Å²) in [5.74, 6) is 3.19. The van der Waals surface area contributed by atoms with Crippen LogP contribution in [0, 0.1) is 0 Å². The lowest BCUT2D eigenvalue weighted by Gasteiger charge is -2.21. The number of rotatable bonds is 5. The molecule has 29 heavy (non-hydrogen) atoms. The molecule has 3 heterocycles. The zero-order chi connectivity index (χ0) is 19.8. The normalized spacial score (nSPS) is 20.9. The van der Waals surface area contributed by atoms with Crippen LogP contribution in [0.1, 0.15) is 23.9 Å². The van der Waals surface area contributed by atoms with Crippen molar-refractivity contribution in [1.82, 2.24) is 15.0 Å². The summed E-state index contributed by atoms with van der Waals surface area (Å²) in [5.41, 5.74) is 1.92. The van der Waals surface area contributed by atoms with E-state index in [9.17, 15) is 5.11 Å². The first-order valence-corrected chi connectivity index (χ1v) is 9.48. The van der Waals surface area contributed by atoms with Crippen LogP contribution in [0.3, 0.4) is 0 Å². The molecule has 0 saturated carbocycles. The summed E-state index contributed by atoms with van der Waals surface area (Å²) >= 11 is 0. The zero-order valence-electron chi connectivity index (χ0n) is 15.9. The number of hydrogen-bond acceptors (Lipinski definition) is 8. The van der Waals surface area contributed by atoms with Crippen molar-refractivity contribution in [3.8, 4) is 28.6 Å². The molecular formula is C21H21N3O5. The van der Waals surface area contributed by atoms with Crippen LogP contribution >= 0.6 is 0 Å². The second-order valence-corrected chi connectivity index (χ2v) is 7.21. The molecule has 2 unspecified atom stereocenters. The average molecular weight is 395 g/mol. The predicted molar refractivity (Wildman–Crippen MR) is 103 cm³/mol. The molecule has 0 radical (unpaired) electrons. The van der Waals surface area contributed by atoms with E-state index < -0.39 is 6.10 Å². The summed E-state index contributed by atoms with van der Waals surface area (Å²) in [7, 11) is 1.65. The van der Waals surface area contributed by atoms with Gasteiger partial charge in [0.05, 0.1) is 19.3 Å². The Labute approximate surface area is 167 Å². The Morgan fingerprint density at radius 1 is 1.14 bits per heavy atom. The predicted octanol–water partition coefficient (Wildman–Crippen LogP) is 2.78. The molecule has 1 aromatic heterocycles. The number of nitrogens with zero attached hydrogens (tertiary/aromatic N) is 3. The van der Waals surface area contributed by atoms with Gasteiger partial charge in [0, 0.05) is 18.7 Å². The van der Waals surface area contributed by atoms with Gasteiger partial charge in [-0.25, -0.2) is 0 Å². The summed E-state index contributed by atoms with van der Waals surface area (Å²) in [5, 5.41) is 14.4. The van der Waals surface area contributed by atoms with Crippen LogP contribution in [0.2, 0.25) is 0 Å². The number of aliphatic hydroxyl groups is 1. The van der Waals surface area contributed by atoms with E-state index in [1.54, 1.807) is 7.11 Å². The molecule has 0 aliphatic carbocycles. The number of likely N-dealkylation sites (tertiary alicyclic amines) is 1. The van der Waals surface area contributed by atoms with Gasteiger partial charge in [0.15, 0.2) is 11.5 Å². The first-order chi connectivity index (χ1) is 14.2. The number of hydrogen-bond donors (Lipinski definition) is 1. The Morgan fingerprint density at radius 2 is 1.97 bits per heavy atom. The Kier molecular flexibility index (Phi) is 4.57. The molecule has 1 fully saturated rings. The fourth-order valence-electron chi connectivity index (χ4n) is 3.80. The van der Waals surface area contributed by atoms with Crippen LogP contribution in [0.25, 0.3) is 11.4 Å². The molecule has 8 heteroatoms. The molecule has 2 aliphatic rings. The number of fused-ring (bicyclic) bond motifs is 1. The van der Waals surface area contributed by atoms with E-state index in [0.717, 1.165) is 16.9 Å². The van der Waals surface area contributed by atoms with Crippen molar-refractivity contribution in [2.75, 3.05) is 20.4 Å². The van der Waals surface area contributed by atoms with Gasteiger partial charge >= 0.3 is 0 Å². The number of benzene rings is 2. The third-order valence-corrected chi connectivity index (χ3v) is 5.28. The summed E-state index contributed by atoms with van der Waals surface area (Å²) in [4.78, 5) is 6.75. The largest absolute Gasteiger partial charge is 0.497 e. The Hall–Kier alpha value is -3.10. The van der Waals surface area contributed by atoms with Crippen molar-refractivity contribution in [2.45, 2.75) is 25.1 Å². The molecule has 1 saturated heterocycles. The number of aliphatic hydroxyl groups excluding tert-OH is 1. The highest BCUT2D eigenvalue weighted by molar-refractivity contribution is 5.61. The molecule has 5 rings (SSSR count). The Morgan fingerprint density at radius 3 is 2.79 bits per heavy atom. The highest BCUT2D eigenvalue weighted by Crippen LogP contribution is 2.37. The summed E-state index contributed by atoms with van der Waals surface area (Å²) < 4.78 is 21.6. The molecule has 150 valence electrons. The molecule has 0 spiro atoms. The number of ether oxygens (including phenoxy) is 3. The fraction of sp³-hybridized carbons (Fsp3) is 0.333. The van der Waals surface area contributed by atoms with Crippen molar-refractivity contribution in [3.63, 3.8) is 0 Å². The van der Waals surface area contributed by atoms with Crippen LogP contribution in [-0.2, 0) is 6.54 Å². The maximum atomic E-state index is 10.2. The van der Waals surface area contributed by atoms with Crippen LogP contribution in [0.4, 0.5) is 0 Å². The minimum Gasteiger partial charge on any atom is -0.497 e. The molecule has 2 atom stereocenters. The average Bonchev–Trinajstić information content (AvgIpc) is 3.47. The molecule has 3 aromatic rings. The van der Waals surface area contributed by atoms with Gasteiger partial charge < -0.3 is 23.8 Å². The van der Waals surface area contributed by atoms with E-state index in [-0.39, 0.29) is 12.8 Å². The summed E-state index contributed by atoms with van der Waals surface area (Å²) in [6.45, 7) is 1.45. The zero-order valence-corrected chi connectivity index (χ0v) is 15.9. The van der Waals surface area contributed by atoms with Gasteiger partial charge in [0.1, 0.15) is 5.75 Å². The van der Waals surface area contributed by atoms with E-state index >= 15 is 0 Å². The molecule has 0 amide bonds. The van der Waals surface area contributed by atoms with Gasteiger partial charge in [-0.1, -0.05) is 17.3 Å². The van der Waals surface area contributed by atoms with Crippen LogP contribution in [0.5, 0.6) is 17.2 Å². The van der Waals surface area contributed by atoms with E-state index in [1.165, 1.54) is 0 Å². The molecule has 0 bridgehead atoms. The van der Waals surface area contributed by atoms with Gasteiger partial charge in [-0.3, -0.25) is 4.90 Å². The maximum absolute atomic E-state index is 10.2. The lowest BCUT2D eigenvalue weighted by atomic mass is 10.1. The monoisotopic (exact) mass is 395 g/mol. The fourth-order valence-corrected chi connectivity index (χ4v) is 3.80. The van der Waals surface area contributed by atoms with Crippen molar-refractivity contribution < 1.29 is 23.8 Å². The lowest BCUT2D eigenvalue weighted by molar-refractivity contribution is 0.169. The SMILES string of the molecule is COc1ccc(CN2CC(O)CC2c2nc(-c3ccc4c(c3)OCO4)no2)cc1. The Bertz CT molecular complexity index is 1000. The lowest BCUT2D eigenvalue weighted by Crippen LogP contribution is -2.24. The number of aromatic nitrogens is 2. The van der Waals surface area contributed by atoms with E-state index in [0.29, 0.717) is 42.7 Å². The third-order valence-electron chi connectivity index (χ3n) is 5.28. The summed E-state index contributed by atoms with van der Waals surface area (Å²) in [6, 6.07) is 13.3. The second kappa shape index (κ2) is 7.38. The standard InChI is InChI=1S/C21H21N3O5/c1-26-16-5-2-13(3-6-16)10-24-11-15(25)9-17(24)21-22-20(23-29-21)14-4-7-18-19(8-14)28-12-27-18/h2-8,15,17,25H,9-12H2,1H3. The first kappa shape index (κ1) is 18.0. The van der Waals surface area contributed by atoms with Crippen LogP contribution in [0.15, 0.2) is 47.0 Å². The molecule has 2 aromatic carbocycles. The van der Waals surface area contributed by atoms with Crippen molar-refractivity contribution in [1.29, 1.82) is 0 Å². The molecule has 1 N–H and O–H groups in total. The summed E-state index contributed by atoms with van der Waals surface area (Å²) in [6.07, 6.45) is 0.123. The van der Waals surface area contributed by atoms with Crippen molar-refractivity contribution >= 4 is 0 Å². The van der Waals surface area contributed by atoms with E-state index in [4.69, 9.17) is 18.7 Å². The van der Waals surface area contributed by atoms with Crippen LogP contribution < -0.4 is 14.2 Å². The van der Waals surface area contributed by atoms with Gasteiger partial charge in [-0.15, -0.1) is 0 Å². The van der Waals surface area contributed by atoms with Gasteiger partial charge in [-0.2, -0.15) is 4.98 Å². The van der Waals surface area contributed by atoms with Gasteiger partial charge in [-0.05, 0) is 42.3 Å². The van der Waals surface area contributed by atoms with Crippen LogP contribution in [-0.4, -0.2) is 46.7 Å². The number of methoxy groups -OCH3 is 1. The minimum atomic E-state index is -0.431. The topological polar surface area (TPSA) is 90.1 Å². The highest BCUT2D eigenvalue weighted by Gasteiger charge is 2.36. The van der Waals surface area contributed by atoms with Crippen molar-refractivity contribution in [3.05, 3.63) is 53.9 Å². The first-order valence-electron chi connectivity index (χ1n) is 9.48. The Balaban J connectivity index is 1.36. The van der Waals surface area contributed by atoms with Crippen molar-refractivity contribution in [2.24, 2.45) is 0 Å².